The van der Waals surface area contributed by atoms with Crippen LogP contribution < -0.4 is 10.6 Å². The van der Waals surface area contributed by atoms with Crippen molar-refractivity contribution in [2.75, 3.05) is 17.2 Å². The van der Waals surface area contributed by atoms with E-state index in [4.69, 9.17) is 16.3 Å². The number of benzene rings is 3. The van der Waals surface area contributed by atoms with Crippen molar-refractivity contribution < 1.29 is 23.9 Å². The summed E-state index contributed by atoms with van der Waals surface area (Å²) in [6, 6.07) is 20.4. The molecule has 0 saturated carbocycles. The average Bonchev–Trinajstić information content (AvgIpc) is 2.84. The highest BCUT2D eigenvalue weighted by Crippen LogP contribution is 2.36. The van der Waals surface area contributed by atoms with Crippen LogP contribution in [-0.4, -0.2) is 35.4 Å². The van der Waals surface area contributed by atoms with Crippen molar-refractivity contribution in [3.8, 4) is 0 Å². The van der Waals surface area contributed by atoms with Crippen LogP contribution in [0, 0.1) is 0 Å². The standard InChI is InChI=1S/C25H19ClN2O5S/c26-16-10-11-18(17(12-16)24(31)15-6-2-1-3-7-15)27-22(29)14-33-23(30)13-21-25(32)28-19-8-4-5-9-20(19)34-21/h1-12,21H,13-14H2,(H,27,29)(H,28,32)/t21-/m1/s1. The van der Waals surface area contributed by atoms with Crippen LogP contribution in [0.4, 0.5) is 11.4 Å². The molecule has 0 aromatic heterocycles. The summed E-state index contributed by atoms with van der Waals surface area (Å²) >= 11 is 7.33. The summed E-state index contributed by atoms with van der Waals surface area (Å²) < 4.78 is 5.07. The predicted molar refractivity (Wildman–Crippen MR) is 130 cm³/mol. The van der Waals surface area contributed by atoms with Gasteiger partial charge < -0.3 is 15.4 Å². The molecular formula is C25H19ClN2O5S. The fourth-order valence-electron chi connectivity index (χ4n) is 3.33. The number of para-hydroxylation sites is 1. The number of hydrogen-bond acceptors (Lipinski definition) is 6. The van der Waals surface area contributed by atoms with E-state index >= 15 is 0 Å². The summed E-state index contributed by atoms with van der Waals surface area (Å²) in [6.45, 7) is -0.560. The van der Waals surface area contributed by atoms with Crippen molar-refractivity contribution in [1.29, 1.82) is 0 Å². The first-order valence-corrected chi connectivity index (χ1v) is 11.6. The molecule has 2 amide bonds. The van der Waals surface area contributed by atoms with Crippen LogP contribution in [0.1, 0.15) is 22.3 Å². The van der Waals surface area contributed by atoms with Gasteiger partial charge in [0.05, 0.1) is 23.0 Å². The molecule has 0 radical (unpaired) electrons. The number of anilines is 2. The number of amides is 2. The minimum Gasteiger partial charge on any atom is -0.456 e. The number of carbonyl (C=O) groups is 4. The monoisotopic (exact) mass is 494 g/mol. The van der Waals surface area contributed by atoms with E-state index in [0.717, 1.165) is 4.90 Å². The molecule has 1 aliphatic heterocycles. The van der Waals surface area contributed by atoms with Gasteiger partial charge in [-0.2, -0.15) is 0 Å². The SMILES string of the molecule is O=C(COC(=O)C[C@H]1Sc2ccccc2NC1=O)Nc1ccc(Cl)cc1C(=O)c1ccccc1. The van der Waals surface area contributed by atoms with E-state index in [1.54, 1.807) is 42.5 Å². The van der Waals surface area contributed by atoms with E-state index in [2.05, 4.69) is 10.6 Å². The summed E-state index contributed by atoms with van der Waals surface area (Å²) in [7, 11) is 0. The van der Waals surface area contributed by atoms with Gasteiger partial charge in [0.25, 0.3) is 5.91 Å². The molecule has 2 N–H and O–H groups in total. The van der Waals surface area contributed by atoms with Gasteiger partial charge in [-0.15, -0.1) is 11.8 Å². The Balaban J connectivity index is 1.35. The van der Waals surface area contributed by atoms with E-state index < -0.39 is 23.7 Å². The average molecular weight is 495 g/mol. The molecule has 0 unspecified atom stereocenters. The second-order valence-corrected chi connectivity index (χ2v) is 9.07. The molecule has 0 bridgehead atoms. The zero-order chi connectivity index (χ0) is 24.1. The molecule has 7 nitrogen and oxygen atoms in total. The molecule has 34 heavy (non-hydrogen) atoms. The number of carbonyl (C=O) groups excluding carboxylic acids is 4. The molecule has 1 heterocycles. The number of hydrogen-bond donors (Lipinski definition) is 2. The summed E-state index contributed by atoms with van der Waals surface area (Å²) in [5.74, 6) is -1.91. The third-order valence-corrected chi connectivity index (χ3v) is 6.47. The summed E-state index contributed by atoms with van der Waals surface area (Å²) in [5.41, 5.74) is 1.60. The fraction of sp³-hybridized carbons (Fsp3) is 0.120. The summed E-state index contributed by atoms with van der Waals surface area (Å²) in [6.07, 6.45) is -0.184. The molecule has 0 aliphatic carbocycles. The van der Waals surface area contributed by atoms with E-state index in [-0.39, 0.29) is 29.4 Å². The Morgan fingerprint density at radius 2 is 1.74 bits per heavy atom. The number of thioether (sulfide) groups is 1. The molecule has 1 atom stereocenters. The highest BCUT2D eigenvalue weighted by atomic mass is 35.5. The van der Waals surface area contributed by atoms with Crippen molar-refractivity contribution in [3.63, 3.8) is 0 Å². The van der Waals surface area contributed by atoms with Crippen molar-refractivity contribution in [2.24, 2.45) is 0 Å². The van der Waals surface area contributed by atoms with Gasteiger partial charge in [0, 0.05) is 21.0 Å². The van der Waals surface area contributed by atoms with Gasteiger partial charge >= 0.3 is 5.97 Å². The second kappa shape index (κ2) is 10.5. The Morgan fingerprint density at radius 1 is 1.00 bits per heavy atom. The Morgan fingerprint density at radius 3 is 2.53 bits per heavy atom. The lowest BCUT2D eigenvalue weighted by molar-refractivity contribution is -0.147. The maximum Gasteiger partial charge on any atom is 0.307 e. The lowest BCUT2D eigenvalue weighted by Gasteiger charge is -2.23. The molecule has 1 aliphatic rings. The molecule has 3 aromatic rings. The van der Waals surface area contributed by atoms with Gasteiger partial charge in [0.15, 0.2) is 12.4 Å². The van der Waals surface area contributed by atoms with Crippen LogP contribution in [0.3, 0.4) is 0 Å². The Labute approximate surface area is 204 Å². The van der Waals surface area contributed by atoms with Gasteiger partial charge in [0.1, 0.15) is 0 Å². The molecule has 0 saturated heterocycles. The zero-order valence-electron chi connectivity index (χ0n) is 17.7. The van der Waals surface area contributed by atoms with Crippen molar-refractivity contribution in [1.82, 2.24) is 0 Å². The second-order valence-electron chi connectivity index (χ2n) is 7.39. The van der Waals surface area contributed by atoms with E-state index in [1.807, 2.05) is 18.2 Å². The predicted octanol–water partition coefficient (Wildman–Crippen LogP) is 4.56. The summed E-state index contributed by atoms with van der Waals surface area (Å²) in [4.78, 5) is 50.7. The normalized spacial score (nSPS) is 14.5. The van der Waals surface area contributed by atoms with Crippen LogP contribution >= 0.6 is 23.4 Å². The van der Waals surface area contributed by atoms with Gasteiger partial charge in [-0.25, -0.2) is 0 Å². The largest absolute Gasteiger partial charge is 0.456 e. The minimum absolute atomic E-state index is 0.184. The number of ether oxygens (including phenoxy) is 1. The molecule has 0 fully saturated rings. The Kier molecular flexibility index (Phi) is 7.30. The lowest BCUT2D eigenvalue weighted by atomic mass is 10.0. The fourth-order valence-corrected chi connectivity index (χ4v) is 4.60. The number of fused-ring (bicyclic) bond motifs is 1. The summed E-state index contributed by atoms with van der Waals surface area (Å²) in [5, 5.41) is 5.03. The molecular weight excluding hydrogens is 476 g/mol. The van der Waals surface area contributed by atoms with Crippen LogP contribution in [0.25, 0.3) is 0 Å². The first kappa shape index (κ1) is 23.5. The third kappa shape index (κ3) is 5.65. The number of halogens is 1. The van der Waals surface area contributed by atoms with Gasteiger partial charge in [-0.3, -0.25) is 19.2 Å². The molecule has 172 valence electrons. The van der Waals surface area contributed by atoms with Gasteiger partial charge in [0.2, 0.25) is 5.91 Å². The number of nitrogens with one attached hydrogen (secondary N) is 2. The van der Waals surface area contributed by atoms with Crippen molar-refractivity contribution >= 4 is 58.3 Å². The lowest BCUT2D eigenvalue weighted by Crippen LogP contribution is -2.32. The van der Waals surface area contributed by atoms with Crippen LogP contribution in [-0.2, 0) is 19.1 Å². The van der Waals surface area contributed by atoms with Gasteiger partial charge in [-0.1, -0.05) is 54.1 Å². The first-order chi connectivity index (χ1) is 16.4. The third-order valence-electron chi connectivity index (χ3n) is 4.96. The Hall–Kier alpha value is -3.62. The molecule has 4 rings (SSSR count). The number of ketones is 1. The quantitative estimate of drug-likeness (QED) is 0.369. The smallest absolute Gasteiger partial charge is 0.307 e. The highest BCUT2D eigenvalue weighted by Gasteiger charge is 2.29. The number of rotatable bonds is 7. The topological polar surface area (TPSA) is 102 Å². The minimum atomic E-state index is -0.682. The number of esters is 1. The van der Waals surface area contributed by atoms with Crippen molar-refractivity contribution in [3.05, 3.63) is 88.9 Å². The van der Waals surface area contributed by atoms with Crippen LogP contribution in [0.5, 0.6) is 0 Å². The molecule has 3 aromatic carbocycles. The van der Waals surface area contributed by atoms with Gasteiger partial charge in [-0.05, 0) is 30.3 Å². The highest BCUT2D eigenvalue weighted by molar-refractivity contribution is 8.01. The van der Waals surface area contributed by atoms with E-state index in [1.165, 1.54) is 23.9 Å². The first-order valence-electron chi connectivity index (χ1n) is 10.3. The zero-order valence-corrected chi connectivity index (χ0v) is 19.3. The Bertz CT molecular complexity index is 1270. The maximum atomic E-state index is 12.9. The van der Waals surface area contributed by atoms with Crippen LogP contribution in [0.2, 0.25) is 5.02 Å². The van der Waals surface area contributed by atoms with E-state index in [9.17, 15) is 19.2 Å². The van der Waals surface area contributed by atoms with Crippen molar-refractivity contribution in [2.45, 2.75) is 16.6 Å². The maximum absolute atomic E-state index is 12.9. The molecule has 9 heteroatoms. The molecule has 0 spiro atoms. The van der Waals surface area contributed by atoms with Crippen LogP contribution in [0.15, 0.2) is 77.7 Å². The van der Waals surface area contributed by atoms with E-state index in [0.29, 0.717) is 16.3 Å².